The van der Waals surface area contributed by atoms with E-state index in [1.807, 2.05) is 36.4 Å². The van der Waals surface area contributed by atoms with Crippen LogP contribution in [0.5, 0.6) is 0 Å². The van der Waals surface area contributed by atoms with Crippen molar-refractivity contribution in [3.05, 3.63) is 83.9 Å². The Morgan fingerprint density at radius 3 is 2.52 bits per heavy atom. The molecule has 2 heterocycles. The molecule has 5 rings (SSSR count). The van der Waals surface area contributed by atoms with Gasteiger partial charge in [-0.05, 0) is 66.8 Å². The summed E-state index contributed by atoms with van der Waals surface area (Å²) in [5.74, 6) is 0.715. The van der Waals surface area contributed by atoms with Gasteiger partial charge in [0, 0.05) is 23.9 Å². The van der Waals surface area contributed by atoms with Gasteiger partial charge in [0.1, 0.15) is 5.82 Å². The van der Waals surface area contributed by atoms with E-state index in [0.717, 1.165) is 41.4 Å². The number of rotatable bonds is 6. The number of nitrogens with zero attached hydrogens (tertiary/aromatic N) is 1. The van der Waals surface area contributed by atoms with Gasteiger partial charge in [-0.25, -0.2) is 13.4 Å². The number of imidazole rings is 1. The van der Waals surface area contributed by atoms with E-state index >= 15 is 0 Å². The van der Waals surface area contributed by atoms with Gasteiger partial charge in [0.05, 0.1) is 22.0 Å². The van der Waals surface area contributed by atoms with Crippen LogP contribution in [0.3, 0.4) is 0 Å². The highest BCUT2D eigenvalue weighted by atomic mass is 32.2. The molecule has 0 unspecified atom stereocenters. The van der Waals surface area contributed by atoms with Gasteiger partial charge < -0.3 is 15.4 Å². The molecule has 170 valence electrons. The lowest BCUT2D eigenvalue weighted by atomic mass is 10.0. The quantitative estimate of drug-likeness (QED) is 0.403. The number of benzene rings is 3. The normalized spacial score (nSPS) is 19.7. The average Bonchev–Trinajstić information content (AvgIpc) is 3.45. The number of aliphatic hydroxyl groups excluding tert-OH is 1. The molecule has 6 nitrogen and oxygen atoms in total. The molecular formula is C26H27N3O3S. The molecule has 1 saturated heterocycles. The summed E-state index contributed by atoms with van der Waals surface area (Å²) in [6.07, 6.45) is 3.55. The molecule has 4 aromatic rings. The Hall–Kier alpha value is -3.00. The number of aromatic amines is 1. The number of hydrogen-bond acceptors (Lipinski definition) is 5. The number of aromatic nitrogens is 2. The van der Waals surface area contributed by atoms with Crippen molar-refractivity contribution < 1.29 is 13.5 Å². The van der Waals surface area contributed by atoms with E-state index in [-0.39, 0.29) is 6.04 Å². The fourth-order valence-electron chi connectivity index (χ4n) is 4.61. The Morgan fingerprint density at radius 1 is 1.03 bits per heavy atom. The second kappa shape index (κ2) is 8.74. The summed E-state index contributed by atoms with van der Waals surface area (Å²) < 4.78 is 23.4. The second-order valence-electron chi connectivity index (χ2n) is 8.84. The molecule has 7 heteroatoms. The largest absolute Gasteiger partial charge is 0.387 e. The summed E-state index contributed by atoms with van der Waals surface area (Å²) >= 11 is 0. The second-order valence-corrected chi connectivity index (χ2v) is 10.9. The summed E-state index contributed by atoms with van der Waals surface area (Å²) in [6, 6.07) is 23.2. The molecule has 3 aromatic carbocycles. The molecule has 3 N–H and O–H groups in total. The van der Waals surface area contributed by atoms with Crippen LogP contribution in [0, 0.1) is 0 Å². The Balaban J connectivity index is 1.28. The van der Waals surface area contributed by atoms with Crippen molar-refractivity contribution in [3.63, 3.8) is 0 Å². The van der Waals surface area contributed by atoms with Gasteiger partial charge in [-0.1, -0.05) is 36.4 Å². The average molecular weight is 462 g/mol. The van der Waals surface area contributed by atoms with Gasteiger partial charge in [0.25, 0.3) is 0 Å². The van der Waals surface area contributed by atoms with Crippen molar-refractivity contribution >= 4 is 20.9 Å². The molecule has 0 saturated carbocycles. The Bertz CT molecular complexity index is 1370. The van der Waals surface area contributed by atoms with E-state index < -0.39 is 15.9 Å². The zero-order valence-electron chi connectivity index (χ0n) is 18.4. The summed E-state index contributed by atoms with van der Waals surface area (Å²) in [5.41, 5.74) is 4.82. The van der Waals surface area contributed by atoms with Gasteiger partial charge in [-0.2, -0.15) is 0 Å². The summed E-state index contributed by atoms with van der Waals surface area (Å²) in [7, 11) is -3.22. The maximum absolute atomic E-state index is 11.7. The van der Waals surface area contributed by atoms with Crippen molar-refractivity contribution in [1.82, 2.24) is 15.3 Å². The third kappa shape index (κ3) is 4.71. The molecule has 0 radical (unpaired) electrons. The van der Waals surface area contributed by atoms with E-state index in [1.165, 1.54) is 11.8 Å². The van der Waals surface area contributed by atoms with Gasteiger partial charge in [-0.3, -0.25) is 0 Å². The van der Waals surface area contributed by atoms with E-state index in [1.54, 1.807) is 24.3 Å². The fourth-order valence-corrected chi connectivity index (χ4v) is 5.24. The number of H-pyrrole nitrogens is 1. The first-order valence-corrected chi connectivity index (χ1v) is 13.0. The maximum atomic E-state index is 11.7. The fraction of sp³-hybridized carbons (Fsp3) is 0.269. The Morgan fingerprint density at radius 2 is 1.79 bits per heavy atom. The van der Waals surface area contributed by atoms with Crippen LogP contribution >= 0.6 is 0 Å². The first-order chi connectivity index (χ1) is 15.9. The van der Waals surface area contributed by atoms with Crippen molar-refractivity contribution in [3.8, 4) is 11.4 Å². The minimum absolute atomic E-state index is 0.0646. The minimum Gasteiger partial charge on any atom is -0.387 e. The van der Waals surface area contributed by atoms with Crippen molar-refractivity contribution in [1.29, 1.82) is 0 Å². The van der Waals surface area contributed by atoms with Gasteiger partial charge in [-0.15, -0.1) is 0 Å². The van der Waals surface area contributed by atoms with Crippen molar-refractivity contribution in [2.45, 2.75) is 42.3 Å². The van der Waals surface area contributed by atoms with Crippen molar-refractivity contribution in [2.75, 3.05) is 6.26 Å². The van der Waals surface area contributed by atoms with Gasteiger partial charge >= 0.3 is 0 Å². The highest BCUT2D eigenvalue weighted by Gasteiger charge is 2.29. The molecule has 0 spiro atoms. The molecule has 1 aliphatic heterocycles. The van der Waals surface area contributed by atoms with Crippen LogP contribution in [0.15, 0.2) is 77.7 Å². The zero-order valence-corrected chi connectivity index (χ0v) is 19.2. The van der Waals surface area contributed by atoms with E-state index in [2.05, 4.69) is 27.4 Å². The topological polar surface area (TPSA) is 95.1 Å². The molecule has 0 aliphatic carbocycles. The summed E-state index contributed by atoms with van der Waals surface area (Å²) in [6.45, 7) is 0. The standard InChI is InChI=1S/C26H27N3O3S/c1-33(31,32)21-11-8-19(9-12-21)26-28-22-13-7-17(16-24(22)29-26)15-20-10-14-23(27-20)25(30)18-5-3-2-4-6-18/h2-9,11-13,16,20,23,25,27,30H,10,14-15H2,1H3,(H,28,29)/t20-,23+,25+/m0/s1. The van der Waals surface area contributed by atoms with Crippen LogP contribution in [-0.2, 0) is 16.3 Å². The minimum atomic E-state index is -3.22. The first kappa shape index (κ1) is 21.8. The number of hydrogen-bond donors (Lipinski definition) is 3. The third-order valence-corrected chi connectivity index (χ3v) is 7.51. The molecule has 1 aliphatic rings. The van der Waals surface area contributed by atoms with Gasteiger partial charge in [0.2, 0.25) is 0 Å². The number of fused-ring (bicyclic) bond motifs is 1. The highest BCUT2D eigenvalue weighted by Crippen LogP contribution is 2.28. The number of sulfone groups is 1. The lowest BCUT2D eigenvalue weighted by molar-refractivity contribution is 0.135. The molecule has 0 amide bonds. The summed E-state index contributed by atoms with van der Waals surface area (Å²) in [5, 5.41) is 14.3. The highest BCUT2D eigenvalue weighted by molar-refractivity contribution is 7.90. The lowest BCUT2D eigenvalue weighted by Gasteiger charge is -2.20. The molecule has 3 atom stereocenters. The third-order valence-electron chi connectivity index (χ3n) is 6.38. The Labute approximate surface area is 193 Å². The molecule has 0 bridgehead atoms. The molecule has 1 fully saturated rings. The predicted molar refractivity (Wildman–Crippen MR) is 130 cm³/mol. The SMILES string of the molecule is CS(=O)(=O)c1ccc(-c2nc3ccc(C[C@@H]4CC[C@H]([C@H](O)c5ccccc5)N4)cc3[nH]2)cc1. The van der Waals surface area contributed by atoms with Crippen LogP contribution < -0.4 is 5.32 Å². The van der Waals surface area contributed by atoms with Crippen molar-refractivity contribution in [2.24, 2.45) is 0 Å². The van der Waals surface area contributed by atoms with Gasteiger partial charge in [0.15, 0.2) is 9.84 Å². The number of aliphatic hydroxyl groups is 1. The van der Waals surface area contributed by atoms with E-state index in [4.69, 9.17) is 0 Å². The van der Waals surface area contributed by atoms with E-state index in [0.29, 0.717) is 16.8 Å². The monoisotopic (exact) mass is 461 g/mol. The van der Waals surface area contributed by atoms with E-state index in [9.17, 15) is 13.5 Å². The smallest absolute Gasteiger partial charge is 0.175 e. The molecular weight excluding hydrogens is 434 g/mol. The summed E-state index contributed by atoms with van der Waals surface area (Å²) in [4.78, 5) is 8.32. The molecule has 33 heavy (non-hydrogen) atoms. The predicted octanol–water partition coefficient (Wildman–Crippen LogP) is 4.03. The van der Waals surface area contributed by atoms with Crippen LogP contribution in [0.1, 0.15) is 30.1 Å². The zero-order chi connectivity index (χ0) is 23.0. The maximum Gasteiger partial charge on any atom is 0.175 e. The molecule has 1 aromatic heterocycles. The Kier molecular flexibility index (Phi) is 5.78. The lowest BCUT2D eigenvalue weighted by Crippen LogP contribution is -2.35. The van der Waals surface area contributed by atoms with Crippen LogP contribution in [0.25, 0.3) is 22.4 Å². The number of nitrogens with one attached hydrogen (secondary N) is 2. The first-order valence-electron chi connectivity index (χ1n) is 11.1. The van der Waals surface area contributed by atoms with Crippen LogP contribution in [0.4, 0.5) is 0 Å². The van der Waals surface area contributed by atoms with Crippen LogP contribution in [-0.4, -0.2) is 41.8 Å². The van der Waals surface area contributed by atoms with Crippen LogP contribution in [0.2, 0.25) is 0 Å².